The van der Waals surface area contributed by atoms with E-state index in [1.807, 2.05) is 53.2 Å². The highest BCUT2D eigenvalue weighted by atomic mass is 16.5. The molecule has 0 saturated heterocycles. The van der Waals surface area contributed by atoms with E-state index in [1.165, 1.54) is 5.56 Å². The number of nitrogen functional groups attached to an aromatic ring is 1. The zero-order valence-electron chi connectivity index (χ0n) is 10.7. The lowest BCUT2D eigenvalue weighted by Gasteiger charge is -2.06. The van der Waals surface area contributed by atoms with Crippen molar-refractivity contribution >= 4 is 11.3 Å². The smallest absolute Gasteiger partial charge is 0.139 e. The molecule has 0 atom stereocenters. The lowest BCUT2D eigenvalue weighted by atomic mass is 10.2. The number of hydrogen-bond donors (Lipinski definition) is 1. The first kappa shape index (κ1) is 11.6. The minimum atomic E-state index is 0.480. The van der Waals surface area contributed by atoms with E-state index in [2.05, 4.69) is 11.9 Å². The largest absolute Gasteiger partial charge is 0.487 e. The second-order valence-electron chi connectivity index (χ2n) is 4.54. The predicted molar refractivity (Wildman–Crippen MR) is 75.1 cm³/mol. The van der Waals surface area contributed by atoms with Gasteiger partial charge in [-0.2, -0.15) is 0 Å². The second-order valence-corrected chi connectivity index (χ2v) is 4.54. The van der Waals surface area contributed by atoms with Gasteiger partial charge in [0.05, 0.1) is 11.9 Å². The van der Waals surface area contributed by atoms with Crippen LogP contribution >= 0.6 is 0 Å². The van der Waals surface area contributed by atoms with Crippen LogP contribution < -0.4 is 10.5 Å². The van der Waals surface area contributed by atoms with E-state index < -0.39 is 0 Å². The summed E-state index contributed by atoms with van der Waals surface area (Å²) >= 11 is 0. The van der Waals surface area contributed by atoms with Crippen LogP contribution in [0.2, 0.25) is 0 Å². The third-order valence-corrected chi connectivity index (χ3v) is 3.02. The molecule has 19 heavy (non-hydrogen) atoms. The van der Waals surface area contributed by atoms with Crippen LogP contribution in [0.25, 0.3) is 5.65 Å². The molecule has 0 radical (unpaired) electrons. The minimum absolute atomic E-state index is 0.480. The third-order valence-electron chi connectivity index (χ3n) is 3.02. The molecule has 0 unspecified atom stereocenters. The predicted octanol–water partition coefficient (Wildman–Crippen LogP) is 2.80. The number of rotatable bonds is 3. The van der Waals surface area contributed by atoms with E-state index in [-0.39, 0.29) is 0 Å². The number of anilines is 1. The standard InChI is InChI=1S/C15H15N3O/c1-11-2-4-14(5-3-11)19-10-13-9-17-15-8-12(16)6-7-18(13)15/h2-9H,10,16H2,1H3. The molecule has 3 aromatic rings. The molecule has 0 bridgehead atoms. The monoisotopic (exact) mass is 253 g/mol. The molecule has 4 heteroatoms. The molecule has 3 rings (SSSR count). The van der Waals surface area contributed by atoms with Gasteiger partial charge < -0.3 is 14.9 Å². The third kappa shape index (κ3) is 2.38. The summed E-state index contributed by atoms with van der Waals surface area (Å²) < 4.78 is 7.73. The van der Waals surface area contributed by atoms with E-state index >= 15 is 0 Å². The average Bonchev–Trinajstić information content (AvgIpc) is 2.80. The van der Waals surface area contributed by atoms with Crippen LogP contribution in [0.5, 0.6) is 5.75 Å². The lowest BCUT2D eigenvalue weighted by Crippen LogP contribution is -1.99. The highest BCUT2D eigenvalue weighted by Crippen LogP contribution is 2.15. The van der Waals surface area contributed by atoms with E-state index in [9.17, 15) is 0 Å². The Hall–Kier alpha value is -2.49. The summed E-state index contributed by atoms with van der Waals surface area (Å²) in [7, 11) is 0. The molecular weight excluding hydrogens is 238 g/mol. The molecule has 96 valence electrons. The van der Waals surface area contributed by atoms with Crippen molar-refractivity contribution in [3.05, 3.63) is 60.0 Å². The molecule has 1 aromatic carbocycles. The minimum Gasteiger partial charge on any atom is -0.487 e. The fourth-order valence-electron chi connectivity index (χ4n) is 1.95. The van der Waals surface area contributed by atoms with Crippen LogP contribution in [-0.2, 0) is 6.61 Å². The number of hydrogen-bond acceptors (Lipinski definition) is 3. The Kier molecular flexibility index (Phi) is 2.83. The van der Waals surface area contributed by atoms with Crippen molar-refractivity contribution in [2.45, 2.75) is 13.5 Å². The van der Waals surface area contributed by atoms with Crippen LogP contribution in [0, 0.1) is 6.92 Å². The van der Waals surface area contributed by atoms with Gasteiger partial charge >= 0.3 is 0 Å². The summed E-state index contributed by atoms with van der Waals surface area (Å²) in [6, 6.07) is 11.7. The molecule has 0 spiro atoms. The maximum Gasteiger partial charge on any atom is 0.139 e. The zero-order valence-corrected chi connectivity index (χ0v) is 10.7. The maximum atomic E-state index is 5.75. The number of fused-ring (bicyclic) bond motifs is 1. The molecule has 0 amide bonds. The normalized spacial score (nSPS) is 10.8. The first-order valence-electron chi connectivity index (χ1n) is 6.13. The van der Waals surface area contributed by atoms with Crippen molar-refractivity contribution in [3.8, 4) is 5.75 Å². The summed E-state index contributed by atoms with van der Waals surface area (Å²) in [6.45, 7) is 2.53. The number of aryl methyl sites for hydroxylation is 1. The molecule has 2 N–H and O–H groups in total. The fraction of sp³-hybridized carbons (Fsp3) is 0.133. The number of ether oxygens (including phenoxy) is 1. The molecule has 2 heterocycles. The van der Waals surface area contributed by atoms with Gasteiger partial charge in [0.1, 0.15) is 18.0 Å². The van der Waals surface area contributed by atoms with Crippen LogP contribution in [0.4, 0.5) is 5.69 Å². The van der Waals surface area contributed by atoms with Gasteiger partial charge in [0.25, 0.3) is 0 Å². The fourth-order valence-corrected chi connectivity index (χ4v) is 1.95. The van der Waals surface area contributed by atoms with E-state index in [4.69, 9.17) is 10.5 Å². The number of imidazole rings is 1. The summed E-state index contributed by atoms with van der Waals surface area (Å²) in [5, 5.41) is 0. The molecular formula is C15H15N3O. The van der Waals surface area contributed by atoms with Gasteiger partial charge in [-0.05, 0) is 25.1 Å². The molecule has 0 saturated carbocycles. The Bertz CT molecular complexity index is 701. The van der Waals surface area contributed by atoms with Gasteiger partial charge in [0.15, 0.2) is 0 Å². The van der Waals surface area contributed by atoms with Crippen molar-refractivity contribution in [2.75, 3.05) is 5.73 Å². The average molecular weight is 253 g/mol. The number of nitrogens with zero attached hydrogens (tertiary/aromatic N) is 2. The molecule has 0 aliphatic rings. The Balaban J connectivity index is 1.80. The van der Waals surface area contributed by atoms with Crippen molar-refractivity contribution in [2.24, 2.45) is 0 Å². The number of aromatic nitrogens is 2. The highest BCUT2D eigenvalue weighted by molar-refractivity contribution is 5.52. The van der Waals surface area contributed by atoms with Crippen LogP contribution in [0.1, 0.15) is 11.3 Å². The highest BCUT2D eigenvalue weighted by Gasteiger charge is 2.04. The van der Waals surface area contributed by atoms with Crippen molar-refractivity contribution in [1.29, 1.82) is 0 Å². The quantitative estimate of drug-likeness (QED) is 0.781. The van der Waals surface area contributed by atoms with Crippen molar-refractivity contribution in [1.82, 2.24) is 9.38 Å². The first-order chi connectivity index (χ1) is 9.22. The molecule has 4 nitrogen and oxygen atoms in total. The zero-order chi connectivity index (χ0) is 13.2. The summed E-state index contributed by atoms with van der Waals surface area (Å²) in [5.41, 5.74) is 9.49. The lowest BCUT2D eigenvalue weighted by molar-refractivity contribution is 0.300. The Morgan fingerprint density at radius 2 is 2.00 bits per heavy atom. The Morgan fingerprint density at radius 1 is 1.21 bits per heavy atom. The number of benzene rings is 1. The Morgan fingerprint density at radius 3 is 2.79 bits per heavy atom. The van der Waals surface area contributed by atoms with Gasteiger partial charge in [0.2, 0.25) is 0 Å². The van der Waals surface area contributed by atoms with Gasteiger partial charge in [-0.1, -0.05) is 17.7 Å². The number of pyridine rings is 1. The Labute approximate surface area is 111 Å². The topological polar surface area (TPSA) is 52.5 Å². The second kappa shape index (κ2) is 4.65. The van der Waals surface area contributed by atoms with Gasteiger partial charge in [-0.15, -0.1) is 0 Å². The van der Waals surface area contributed by atoms with Gasteiger partial charge in [-0.3, -0.25) is 0 Å². The molecule has 0 aliphatic heterocycles. The molecule has 2 aromatic heterocycles. The van der Waals surface area contributed by atoms with Gasteiger partial charge in [0, 0.05) is 18.0 Å². The van der Waals surface area contributed by atoms with Crippen molar-refractivity contribution in [3.63, 3.8) is 0 Å². The van der Waals surface area contributed by atoms with E-state index in [1.54, 1.807) is 0 Å². The number of nitrogens with two attached hydrogens (primary N) is 1. The van der Waals surface area contributed by atoms with Crippen LogP contribution in [-0.4, -0.2) is 9.38 Å². The maximum absolute atomic E-state index is 5.75. The van der Waals surface area contributed by atoms with E-state index in [0.29, 0.717) is 12.3 Å². The van der Waals surface area contributed by atoms with Crippen LogP contribution in [0.3, 0.4) is 0 Å². The molecule has 0 aliphatic carbocycles. The van der Waals surface area contributed by atoms with E-state index in [0.717, 1.165) is 17.1 Å². The first-order valence-corrected chi connectivity index (χ1v) is 6.13. The van der Waals surface area contributed by atoms with Crippen molar-refractivity contribution < 1.29 is 4.74 Å². The summed E-state index contributed by atoms with van der Waals surface area (Å²) in [6.07, 6.45) is 3.72. The molecule has 0 fully saturated rings. The summed E-state index contributed by atoms with van der Waals surface area (Å²) in [4.78, 5) is 4.31. The van der Waals surface area contributed by atoms with Gasteiger partial charge in [-0.25, -0.2) is 4.98 Å². The summed E-state index contributed by atoms with van der Waals surface area (Å²) in [5.74, 6) is 0.857. The van der Waals surface area contributed by atoms with Crippen LogP contribution in [0.15, 0.2) is 48.8 Å². The SMILES string of the molecule is Cc1ccc(OCc2cnc3cc(N)ccn23)cc1.